The highest BCUT2D eigenvalue weighted by Gasteiger charge is 2.15. The van der Waals surface area contributed by atoms with Crippen molar-refractivity contribution >= 4 is 27.1 Å². The van der Waals surface area contributed by atoms with E-state index in [1.807, 2.05) is 54.6 Å². The number of nitrogens with zero attached hydrogens (tertiary/aromatic N) is 1. The number of piperidine rings is 1. The maximum absolute atomic E-state index is 10.5. The van der Waals surface area contributed by atoms with Crippen LogP contribution in [-0.4, -0.2) is 23.3 Å². The Labute approximate surface area is 219 Å². The summed E-state index contributed by atoms with van der Waals surface area (Å²) in [7, 11) is 0. The van der Waals surface area contributed by atoms with Crippen molar-refractivity contribution in [3.05, 3.63) is 91.0 Å². The fourth-order valence-electron chi connectivity index (χ4n) is 4.69. The second-order valence-corrected chi connectivity index (χ2v) is 10.3. The van der Waals surface area contributed by atoms with Crippen LogP contribution in [0.2, 0.25) is 0 Å². The van der Waals surface area contributed by atoms with Gasteiger partial charge in [0.05, 0.1) is 0 Å². The van der Waals surface area contributed by atoms with Gasteiger partial charge in [0.25, 0.3) is 0 Å². The van der Waals surface area contributed by atoms with Gasteiger partial charge in [-0.25, -0.2) is 0 Å². The molecule has 2 N–H and O–H groups in total. The summed E-state index contributed by atoms with van der Waals surface area (Å²) in [4.78, 5) is 3.31. The van der Waals surface area contributed by atoms with Crippen LogP contribution in [0.1, 0.15) is 19.3 Å². The first-order chi connectivity index (χ1) is 18.1. The van der Waals surface area contributed by atoms with Crippen LogP contribution in [-0.2, 0) is 0 Å². The first-order valence-electron chi connectivity index (χ1n) is 12.5. The molecule has 1 aliphatic heterocycles. The van der Waals surface area contributed by atoms with E-state index in [2.05, 4.69) is 17.0 Å². The molecule has 1 aliphatic rings. The van der Waals surface area contributed by atoms with Gasteiger partial charge in [0.1, 0.15) is 23.0 Å². The Morgan fingerprint density at radius 3 is 2.19 bits per heavy atom. The Kier molecular flexibility index (Phi) is 6.33. The van der Waals surface area contributed by atoms with Gasteiger partial charge in [-0.3, -0.25) is 0 Å². The van der Waals surface area contributed by atoms with Crippen LogP contribution in [0.15, 0.2) is 91.0 Å². The van der Waals surface area contributed by atoms with Gasteiger partial charge in [0, 0.05) is 46.1 Å². The number of anilines is 1. The predicted octanol–water partition coefficient (Wildman–Crippen LogP) is 8.55. The predicted molar refractivity (Wildman–Crippen MR) is 150 cm³/mol. The molecule has 0 radical (unpaired) electrons. The Hall–Kier alpha value is -4.16. The molecule has 186 valence electrons. The quantitative estimate of drug-likeness (QED) is 0.240. The third-order valence-corrected chi connectivity index (χ3v) is 7.74. The lowest BCUT2D eigenvalue weighted by atomic mass is 10.1. The molecule has 4 aromatic carbocycles. The summed E-state index contributed by atoms with van der Waals surface area (Å²) in [6.45, 7) is 2.18. The van der Waals surface area contributed by atoms with Crippen molar-refractivity contribution < 1.29 is 19.7 Å². The van der Waals surface area contributed by atoms with E-state index in [1.54, 1.807) is 29.5 Å². The van der Waals surface area contributed by atoms with Gasteiger partial charge in [-0.1, -0.05) is 24.3 Å². The second kappa shape index (κ2) is 10.1. The maximum atomic E-state index is 10.5. The van der Waals surface area contributed by atoms with Crippen molar-refractivity contribution in [3.8, 4) is 44.9 Å². The van der Waals surface area contributed by atoms with Crippen LogP contribution in [0.5, 0.6) is 34.5 Å². The largest absolute Gasteiger partial charge is 0.507 e. The minimum Gasteiger partial charge on any atom is -0.507 e. The standard InChI is InChI=1S/C31H27NO4S/c33-27-20-28(34)29(19-26(27)31-17-21-7-2-3-10-30(21)37-31)36-24-13-11-23(12-14-24)35-25-9-6-8-22(18-25)32-15-4-1-5-16-32/h2-3,6-14,17-20,33-34H,1,4-5,15-16H2. The van der Waals surface area contributed by atoms with Gasteiger partial charge in [0.15, 0.2) is 11.5 Å². The Morgan fingerprint density at radius 1 is 0.649 bits per heavy atom. The number of phenols is 2. The molecule has 0 aliphatic carbocycles. The summed E-state index contributed by atoms with van der Waals surface area (Å²) >= 11 is 1.58. The molecule has 5 aromatic rings. The topological polar surface area (TPSA) is 62.2 Å². The highest BCUT2D eigenvalue weighted by atomic mass is 32.1. The van der Waals surface area contributed by atoms with Crippen LogP contribution >= 0.6 is 11.3 Å². The molecular weight excluding hydrogens is 482 g/mol. The van der Waals surface area contributed by atoms with Crippen molar-refractivity contribution in [3.63, 3.8) is 0 Å². The molecule has 0 bridgehead atoms. The molecule has 5 nitrogen and oxygen atoms in total. The van der Waals surface area contributed by atoms with Gasteiger partial charge in [-0.05, 0) is 79.2 Å². The molecule has 2 heterocycles. The highest BCUT2D eigenvalue weighted by Crippen LogP contribution is 2.44. The fourth-order valence-corrected chi connectivity index (χ4v) is 5.77. The number of hydrogen-bond acceptors (Lipinski definition) is 6. The molecule has 1 fully saturated rings. The Balaban J connectivity index is 1.19. The molecule has 37 heavy (non-hydrogen) atoms. The van der Waals surface area contributed by atoms with Crippen LogP contribution in [0.25, 0.3) is 20.5 Å². The van der Waals surface area contributed by atoms with E-state index in [4.69, 9.17) is 9.47 Å². The number of thiophene rings is 1. The first-order valence-corrected chi connectivity index (χ1v) is 13.3. The number of aromatic hydroxyl groups is 2. The molecule has 1 saturated heterocycles. The normalized spacial score (nSPS) is 13.6. The molecule has 6 heteroatoms. The summed E-state index contributed by atoms with van der Waals surface area (Å²) < 4.78 is 13.2. The van der Waals surface area contributed by atoms with E-state index in [-0.39, 0.29) is 17.2 Å². The van der Waals surface area contributed by atoms with Gasteiger partial charge in [-0.15, -0.1) is 11.3 Å². The average Bonchev–Trinajstić information content (AvgIpc) is 3.36. The van der Waals surface area contributed by atoms with Gasteiger partial charge >= 0.3 is 0 Å². The summed E-state index contributed by atoms with van der Waals surface area (Å²) in [6.07, 6.45) is 3.76. The lowest BCUT2D eigenvalue weighted by molar-refractivity contribution is 0.403. The smallest absolute Gasteiger partial charge is 0.169 e. The van der Waals surface area contributed by atoms with E-state index in [9.17, 15) is 10.2 Å². The van der Waals surface area contributed by atoms with Crippen molar-refractivity contribution in [2.45, 2.75) is 19.3 Å². The molecule has 0 spiro atoms. The summed E-state index contributed by atoms with van der Waals surface area (Å²) in [6, 6.07) is 28.6. The summed E-state index contributed by atoms with van der Waals surface area (Å²) in [5, 5.41) is 22.1. The van der Waals surface area contributed by atoms with Gasteiger partial charge in [-0.2, -0.15) is 0 Å². The Bertz CT molecular complexity index is 1500. The fraction of sp³-hybridized carbons (Fsp3) is 0.161. The minimum atomic E-state index is -0.128. The third-order valence-electron chi connectivity index (χ3n) is 6.59. The minimum absolute atomic E-state index is 0.00642. The number of rotatable bonds is 6. The lowest BCUT2D eigenvalue weighted by Crippen LogP contribution is -2.29. The monoisotopic (exact) mass is 509 g/mol. The number of fused-ring (bicyclic) bond motifs is 1. The van der Waals surface area contributed by atoms with Crippen LogP contribution < -0.4 is 14.4 Å². The highest BCUT2D eigenvalue weighted by molar-refractivity contribution is 7.22. The van der Waals surface area contributed by atoms with Crippen LogP contribution in [0.4, 0.5) is 5.69 Å². The molecule has 1 aromatic heterocycles. The van der Waals surface area contributed by atoms with E-state index < -0.39 is 0 Å². The second-order valence-electron chi connectivity index (χ2n) is 9.21. The van der Waals surface area contributed by atoms with Crippen LogP contribution in [0.3, 0.4) is 0 Å². The van der Waals surface area contributed by atoms with Gasteiger partial charge in [0.2, 0.25) is 0 Å². The van der Waals surface area contributed by atoms with E-state index in [0.29, 0.717) is 17.1 Å². The number of ether oxygens (including phenoxy) is 2. The van der Waals surface area contributed by atoms with Crippen molar-refractivity contribution in [1.82, 2.24) is 0 Å². The molecule has 0 saturated carbocycles. The SMILES string of the molecule is Oc1cc(O)c(-c2cc3ccccc3s2)cc1Oc1ccc(Oc2cccc(N3CCCCC3)c2)cc1. The first kappa shape index (κ1) is 23.3. The zero-order valence-corrected chi connectivity index (χ0v) is 21.1. The van der Waals surface area contributed by atoms with Crippen LogP contribution in [0, 0.1) is 0 Å². The summed E-state index contributed by atoms with van der Waals surface area (Å²) in [5.74, 6) is 2.19. The third kappa shape index (κ3) is 5.06. The Morgan fingerprint density at radius 2 is 1.41 bits per heavy atom. The van der Waals surface area contributed by atoms with Gasteiger partial charge < -0.3 is 24.6 Å². The zero-order chi connectivity index (χ0) is 25.2. The van der Waals surface area contributed by atoms with Crippen molar-refractivity contribution in [2.24, 2.45) is 0 Å². The van der Waals surface area contributed by atoms with E-state index in [1.165, 1.54) is 31.0 Å². The van der Waals surface area contributed by atoms with E-state index in [0.717, 1.165) is 33.8 Å². The maximum Gasteiger partial charge on any atom is 0.169 e. The zero-order valence-electron chi connectivity index (χ0n) is 20.3. The van der Waals surface area contributed by atoms with Crippen molar-refractivity contribution in [1.29, 1.82) is 0 Å². The molecule has 6 rings (SSSR count). The molecule has 0 atom stereocenters. The van der Waals surface area contributed by atoms with Crippen molar-refractivity contribution in [2.75, 3.05) is 18.0 Å². The summed E-state index contributed by atoms with van der Waals surface area (Å²) in [5.41, 5.74) is 1.80. The number of benzene rings is 4. The lowest BCUT2D eigenvalue weighted by Gasteiger charge is -2.29. The average molecular weight is 510 g/mol. The number of hydrogen-bond donors (Lipinski definition) is 2. The van der Waals surface area contributed by atoms with E-state index >= 15 is 0 Å². The molecular formula is C31H27NO4S. The molecule has 0 amide bonds. The number of phenolic OH excluding ortho intramolecular Hbond substituents is 2. The molecule has 0 unspecified atom stereocenters.